The van der Waals surface area contributed by atoms with Crippen molar-refractivity contribution in [3.05, 3.63) is 0 Å². The largest absolute Gasteiger partial charge is 0.466 e. The Balaban J connectivity index is 2.89. The van der Waals surface area contributed by atoms with Crippen LogP contribution in [-0.4, -0.2) is 56.2 Å². The molecule has 0 spiro atoms. The van der Waals surface area contributed by atoms with Gasteiger partial charge >= 0.3 is 11.9 Å². The number of carbonyl (C=O) groups is 4. The Labute approximate surface area is 140 Å². The maximum Gasteiger partial charge on any atom is 0.312 e. The van der Waals surface area contributed by atoms with Gasteiger partial charge in [0, 0.05) is 6.61 Å². The second-order valence-corrected chi connectivity index (χ2v) is 5.32. The summed E-state index contributed by atoms with van der Waals surface area (Å²) in [7, 11) is 0. The highest BCUT2D eigenvalue weighted by Crippen LogP contribution is 2.17. The number of nitrogens with two attached hydrogens (primary N) is 1. The molecule has 1 aliphatic heterocycles. The van der Waals surface area contributed by atoms with E-state index in [9.17, 15) is 19.2 Å². The first-order chi connectivity index (χ1) is 11.4. The molecule has 9 nitrogen and oxygen atoms in total. The molecule has 3 N–H and O–H groups in total. The number of ether oxygens (including phenoxy) is 3. The predicted molar refractivity (Wildman–Crippen MR) is 81.4 cm³/mol. The van der Waals surface area contributed by atoms with E-state index in [0.717, 1.165) is 0 Å². The van der Waals surface area contributed by atoms with Gasteiger partial charge in [0.15, 0.2) is 0 Å². The second-order valence-electron chi connectivity index (χ2n) is 5.32. The lowest BCUT2D eigenvalue weighted by Gasteiger charge is -2.24. The Morgan fingerprint density at radius 3 is 2.38 bits per heavy atom. The third-order valence-corrected chi connectivity index (χ3v) is 3.59. The van der Waals surface area contributed by atoms with Gasteiger partial charge in [0.05, 0.1) is 38.1 Å². The fraction of sp³-hybridized carbons (Fsp3) is 0.733. The fourth-order valence-electron chi connectivity index (χ4n) is 2.37. The quantitative estimate of drug-likeness (QED) is 0.519. The van der Waals surface area contributed by atoms with Crippen molar-refractivity contribution in [1.82, 2.24) is 5.32 Å². The van der Waals surface area contributed by atoms with Crippen LogP contribution < -0.4 is 11.1 Å². The summed E-state index contributed by atoms with van der Waals surface area (Å²) >= 11 is 0. The Morgan fingerprint density at radius 1 is 1.21 bits per heavy atom. The van der Waals surface area contributed by atoms with E-state index in [1.54, 1.807) is 13.8 Å². The van der Waals surface area contributed by atoms with Crippen LogP contribution in [0, 0.1) is 11.8 Å². The minimum atomic E-state index is -1.36. The Morgan fingerprint density at radius 2 is 1.88 bits per heavy atom. The summed E-state index contributed by atoms with van der Waals surface area (Å²) in [6.07, 6.45) is 0.0982. The minimum Gasteiger partial charge on any atom is -0.466 e. The lowest BCUT2D eigenvalue weighted by molar-refractivity contribution is -0.157. The standard InChI is InChI=1S/C15H24N2O7/c1-3-23-11(18)7-10(15(21)24-4-2)12(13(16)19)17-14(20)9-5-6-22-8-9/h9-10,12H,3-8H2,1-2H3,(H2,16,19)(H,17,20)/t9-,10-,12-/m0/s1. The average Bonchev–Trinajstić information content (AvgIpc) is 3.05. The van der Waals surface area contributed by atoms with Crippen LogP contribution in [0.4, 0.5) is 0 Å². The third-order valence-electron chi connectivity index (χ3n) is 3.59. The van der Waals surface area contributed by atoms with Crippen LogP contribution in [0.2, 0.25) is 0 Å². The second kappa shape index (κ2) is 9.86. The van der Waals surface area contributed by atoms with Crippen LogP contribution in [0.25, 0.3) is 0 Å². The number of nitrogens with one attached hydrogen (secondary N) is 1. The minimum absolute atomic E-state index is 0.0635. The molecule has 9 heteroatoms. The topological polar surface area (TPSA) is 134 Å². The van der Waals surface area contributed by atoms with Crippen LogP contribution in [0.5, 0.6) is 0 Å². The monoisotopic (exact) mass is 344 g/mol. The molecule has 1 aliphatic rings. The van der Waals surface area contributed by atoms with Gasteiger partial charge in [-0.05, 0) is 20.3 Å². The fourth-order valence-corrected chi connectivity index (χ4v) is 2.37. The van der Waals surface area contributed by atoms with Gasteiger partial charge in [-0.3, -0.25) is 19.2 Å². The molecule has 0 radical (unpaired) electrons. The maximum absolute atomic E-state index is 12.2. The number of rotatable bonds is 9. The van der Waals surface area contributed by atoms with Crippen molar-refractivity contribution < 1.29 is 33.4 Å². The van der Waals surface area contributed by atoms with Gasteiger partial charge in [-0.2, -0.15) is 0 Å². The Kier molecular flexibility index (Phi) is 8.17. The molecule has 0 aliphatic carbocycles. The SMILES string of the molecule is CCOC(=O)C[C@H](C(=O)OCC)[C@H](NC(=O)[C@H]1CCOC1)C(N)=O. The van der Waals surface area contributed by atoms with Crippen molar-refractivity contribution in [2.75, 3.05) is 26.4 Å². The van der Waals surface area contributed by atoms with E-state index < -0.39 is 48.1 Å². The molecular formula is C15H24N2O7. The van der Waals surface area contributed by atoms with Crippen LogP contribution in [0.1, 0.15) is 26.7 Å². The number of primary amides is 1. The van der Waals surface area contributed by atoms with Gasteiger partial charge in [-0.15, -0.1) is 0 Å². The predicted octanol–water partition coefficient (Wildman–Crippen LogP) is -0.874. The zero-order valence-corrected chi connectivity index (χ0v) is 13.9. The summed E-state index contributed by atoms with van der Waals surface area (Å²) < 4.78 is 14.8. The van der Waals surface area contributed by atoms with Gasteiger partial charge < -0.3 is 25.3 Å². The van der Waals surface area contributed by atoms with E-state index in [1.165, 1.54) is 0 Å². The molecule has 1 fully saturated rings. The molecule has 0 aromatic rings. The molecule has 136 valence electrons. The van der Waals surface area contributed by atoms with Gasteiger partial charge in [0.25, 0.3) is 0 Å². The maximum atomic E-state index is 12.2. The number of hydrogen-bond donors (Lipinski definition) is 2. The first kappa shape index (κ1) is 19.9. The molecule has 0 aromatic carbocycles. The first-order valence-electron chi connectivity index (χ1n) is 7.90. The zero-order valence-electron chi connectivity index (χ0n) is 13.9. The van der Waals surface area contributed by atoms with Crippen LogP contribution >= 0.6 is 0 Å². The smallest absolute Gasteiger partial charge is 0.312 e. The van der Waals surface area contributed by atoms with Gasteiger partial charge in [0.1, 0.15) is 6.04 Å². The molecule has 0 saturated carbocycles. The van der Waals surface area contributed by atoms with Crippen molar-refractivity contribution in [3.8, 4) is 0 Å². The highest BCUT2D eigenvalue weighted by Gasteiger charge is 2.38. The van der Waals surface area contributed by atoms with Crippen molar-refractivity contribution >= 4 is 23.8 Å². The van der Waals surface area contributed by atoms with Gasteiger partial charge in [-0.25, -0.2) is 0 Å². The van der Waals surface area contributed by atoms with Crippen LogP contribution in [0.15, 0.2) is 0 Å². The molecular weight excluding hydrogens is 320 g/mol. The van der Waals surface area contributed by atoms with E-state index >= 15 is 0 Å². The summed E-state index contributed by atoms with van der Waals surface area (Å²) in [6, 6.07) is -1.36. The molecule has 3 atom stereocenters. The van der Waals surface area contributed by atoms with Crippen molar-refractivity contribution in [3.63, 3.8) is 0 Å². The number of esters is 2. The Bertz CT molecular complexity index is 474. The summed E-state index contributed by atoms with van der Waals surface area (Å²) in [5.41, 5.74) is 5.32. The van der Waals surface area contributed by atoms with E-state index in [4.69, 9.17) is 19.9 Å². The van der Waals surface area contributed by atoms with E-state index in [-0.39, 0.29) is 19.8 Å². The normalized spacial score (nSPS) is 19.2. The molecule has 1 saturated heterocycles. The summed E-state index contributed by atoms with van der Waals surface area (Å²) in [5, 5.41) is 2.44. The highest BCUT2D eigenvalue weighted by molar-refractivity contribution is 5.93. The van der Waals surface area contributed by atoms with Gasteiger partial charge in [0.2, 0.25) is 11.8 Å². The van der Waals surface area contributed by atoms with Gasteiger partial charge in [-0.1, -0.05) is 0 Å². The van der Waals surface area contributed by atoms with Crippen LogP contribution in [0.3, 0.4) is 0 Å². The molecule has 1 rings (SSSR count). The molecule has 0 unspecified atom stereocenters. The highest BCUT2D eigenvalue weighted by atomic mass is 16.5. The lowest BCUT2D eigenvalue weighted by Crippen LogP contribution is -2.53. The molecule has 2 amide bonds. The van der Waals surface area contributed by atoms with E-state index in [0.29, 0.717) is 13.0 Å². The molecule has 1 heterocycles. The zero-order chi connectivity index (χ0) is 18.1. The molecule has 24 heavy (non-hydrogen) atoms. The third kappa shape index (κ3) is 5.80. The van der Waals surface area contributed by atoms with E-state index in [2.05, 4.69) is 5.32 Å². The van der Waals surface area contributed by atoms with Crippen LogP contribution in [-0.2, 0) is 33.4 Å². The number of carbonyl (C=O) groups excluding carboxylic acids is 4. The van der Waals surface area contributed by atoms with Crippen molar-refractivity contribution in [2.24, 2.45) is 17.6 Å². The van der Waals surface area contributed by atoms with Crippen molar-refractivity contribution in [2.45, 2.75) is 32.7 Å². The summed E-state index contributed by atoms with van der Waals surface area (Å²) in [6.45, 7) is 4.08. The number of hydrogen-bond acceptors (Lipinski definition) is 7. The molecule has 0 aromatic heterocycles. The molecule has 0 bridgehead atoms. The lowest BCUT2D eigenvalue weighted by atomic mass is 9.94. The Hall–Kier alpha value is -2.16. The summed E-state index contributed by atoms with van der Waals surface area (Å²) in [4.78, 5) is 47.8. The number of amides is 2. The first-order valence-corrected chi connectivity index (χ1v) is 7.90. The van der Waals surface area contributed by atoms with Crippen molar-refractivity contribution in [1.29, 1.82) is 0 Å². The average molecular weight is 344 g/mol. The summed E-state index contributed by atoms with van der Waals surface area (Å²) in [5.74, 6) is -4.51. The van der Waals surface area contributed by atoms with E-state index in [1.807, 2.05) is 0 Å².